The number of benzene rings is 2. The minimum absolute atomic E-state index is 0.0635. The van der Waals surface area contributed by atoms with Gasteiger partial charge in [-0.15, -0.1) is 104 Å². The number of anilines is 1. The van der Waals surface area contributed by atoms with E-state index in [1.54, 1.807) is 36.4 Å². The molecule has 2 aromatic carbocycles. The van der Waals surface area contributed by atoms with Crippen LogP contribution < -0.4 is 5.73 Å². The van der Waals surface area contributed by atoms with Gasteiger partial charge in [-0.25, -0.2) is 14.6 Å². The Balaban J connectivity index is 0. The first-order chi connectivity index (χ1) is 26.7. The van der Waals surface area contributed by atoms with E-state index in [4.69, 9.17) is 40.5 Å². The van der Waals surface area contributed by atoms with E-state index in [1.165, 1.54) is 33.9 Å². The molecular formula is C29H59Cl3N4O5P16. The van der Waals surface area contributed by atoms with E-state index < -0.39 is 5.24 Å². The molecule has 0 saturated heterocycles. The van der Waals surface area contributed by atoms with Crippen LogP contribution in [0.3, 0.4) is 0 Å². The van der Waals surface area contributed by atoms with Crippen LogP contribution in [0.25, 0.3) is 11.0 Å². The molecule has 3 rings (SSSR count). The second-order valence-electron chi connectivity index (χ2n) is 10.7. The van der Waals surface area contributed by atoms with Crippen LogP contribution in [-0.4, -0.2) is 71.4 Å². The first-order valence-electron chi connectivity index (χ1n) is 16.5. The maximum absolute atomic E-state index is 11.4. The molecule has 2 N–H and O–H groups in total. The van der Waals surface area contributed by atoms with E-state index in [0.29, 0.717) is 17.0 Å². The lowest BCUT2D eigenvalue weighted by molar-refractivity contribution is -0.109. The number of hydrogen-bond donors (Lipinski definition) is 1. The monoisotopic (exact) mass is 1140 g/mol. The van der Waals surface area contributed by atoms with E-state index in [0.717, 1.165) is 34.5 Å². The minimum atomic E-state index is -0.508. The first-order valence-corrected chi connectivity index (χ1v) is 46.2. The molecule has 11 unspecified atom stereocenters. The van der Waals surface area contributed by atoms with Crippen molar-refractivity contribution >= 4 is 198 Å². The number of rotatable bonds is 14. The van der Waals surface area contributed by atoms with Crippen molar-refractivity contribution in [3.63, 3.8) is 0 Å². The normalized spacial score (nSPS) is 11.9. The lowest BCUT2D eigenvalue weighted by Gasteiger charge is -2.40. The van der Waals surface area contributed by atoms with Crippen LogP contribution in [0.1, 0.15) is 59.8 Å². The quantitative estimate of drug-likeness (QED) is 0.0558. The Bertz CT molecular complexity index is 1620. The fourth-order valence-electron chi connectivity index (χ4n) is 4.11. The summed E-state index contributed by atoms with van der Waals surface area (Å²) in [6, 6.07) is 10.4. The number of hydrogen-bond acceptors (Lipinski definition) is 8. The number of imidazole rings is 1. The van der Waals surface area contributed by atoms with Crippen molar-refractivity contribution in [1.82, 2.24) is 14.5 Å². The lowest BCUT2D eigenvalue weighted by Crippen LogP contribution is -2.21. The topological polar surface area (TPSA) is 117 Å². The highest BCUT2D eigenvalue weighted by Gasteiger charge is 2.35. The van der Waals surface area contributed by atoms with Crippen molar-refractivity contribution in [3.05, 3.63) is 58.9 Å². The number of nitrogens with two attached hydrogens (primary N) is 1. The van der Waals surface area contributed by atoms with Gasteiger partial charge in [0.2, 0.25) is 5.24 Å². The average Bonchev–Trinajstić information content (AvgIpc) is 3.51. The van der Waals surface area contributed by atoms with Crippen molar-refractivity contribution in [1.29, 1.82) is 0 Å². The highest BCUT2D eigenvalue weighted by atomic mass is 35.5. The SMILES string of the molecule is CCN(CC)CC.CCc1cc(C(=O)OC)ccc1N.COC(=O)c1ccc2nc(CCl)n(C)c2c1.O=C(Cl)CCl.PP(P)P(P)P(P(P)P)P(P(P)P)P(P)P. The third kappa shape index (κ3) is 24.9. The summed E-state index contributed by atoms with van der Waals surface area (Å²) in [6.45, 7) is 12.9. The van der Waals surface area contributed by atoms with Gasteiger partial charge in [-0.1, -0.05) is 27.7 Å². The standard InChI is InChI=1S/C11H11ClN2O2.C10H13NO2.C6H15N.C2H2Cl2O.H18P16/c1-14-9-5-7(11(15)16-2)3-4-8(9)13-10(14)6-12;1-3-7-6-8(10(12)13-2)4-5-9(7)11;1-4-7(5-2)6-3;3-1-2(4)5;1-10(2)14(9)16(13(7)8)15(11(3)4)12(5)6/h3-5H,6H2,1-2H3;4-6H,3,11H2,1-2H3;4-6H2,1-3H3;1H2;1-9H2. The number of fused-ring (bicyclic) bond motifs is 1. The Labute approximate surface area is 384 Å². The van der Waals surface area contributed by atoms with Crippen molar-refractivity contribution in [2.75, 3.05) is 45.5 Å². The van der Waals surface area contributed by atoms with E-state index in [9.17, 15) is 14.4 Å². The molecule has 0 spiro atoms. The van der Waals surface area contributed by atoms with Gasteiger partial charge in [0.1, 0.15) is 5.82 Å². The van der Waals surface area contributed by atoms with Crippen LogP contribution in [0, 0.1) is 0 Å². The third-order valence-electron chi connectivity index (χ3n) is 7.11. The predicted octanol–water partition coefficient (Wildman–Crippen LogP) is 15.0. The Morgan fingerprint density at radius 1 is 0.754 bits per heavy atom. The van der Waals surface area contributed by atoms with Crippen LogP contribution in [0.2, 0.25) is 0 Å². The molecule has 0 aliphatic heterocycles. The molecule has 1 heterocycles. The largest absolute Gasteiger partial charge is 0.465 e. The molecule has 0 saturated carbocycles. The number of carbonyl (C=O) groups excluding carboxylic acids is 3. The van der Waals surface area contributed by atoms with Crippen molar-refractivity contribution in [3.8, 4) is 0 Å². The highest BCUT2D eigenvalue weighted by Crippen LogP contribution is 3.24. The van der Waals surface area contributed by atoms with Gasteiger partial charge in [0.15, 0.2) is 0 Å². The number of halogens is 3. The summed E-state index contributed by atoms with van der Waals surface area (Å²) in [5.74, 6) is 0.351. The Hall–Kier alpha value is 4.03. The zero-order chi connectivity index (χ0) is 44.6. The number of nitrogens with zero attached hydrogens (tertiary/aromatic N) is 3. The van der Waals surface area contributed by atoms with Gasteiger partial charge < -0.3 is 24.7 Å². The van der Waals surface area contributed by atoms with Crippen molar-refractivity contribution in [2.24, 2.45) is 7.05 Å². The summed E-state index contributed by atoms with van der Waals surface area (Å²) in [4.78, 5) is 38.7. The number of esters is 2. The predicted molar refractivity (Wildman–Crippen MR) is 304 cm³/mol. The number of alkyl halides is 2. The molecule has 28 heteroatoms. The van der Waals surface area contributed by atoms with Gasteiger partial charge in [-0.3, -0.25) is 4.79 Å². The van der Waals surface area contributed by atoms with Gasteiger partial charge in [-0.05, 0) is 129 Å². The average molecular weight is 1150 g/mol. The maximum atomic E-state index is 11.4. The molecule has 0 fully saturated rings. The number of aryl methyl sites for hydroxylation is 2. The Morgan fingerprint density at radius 2 is 1.19 bits per heavy atom. The van der Waals surface area contributed by atoms with E-state index in [2.05, 4.69) is 120 Å². The molecular weight excluding hydrogens is 1090 g/mol. The smallest absolute Gasteiger partial charge is 0.337 e. The van der Waals surface area contributed by atoms with Gasteiger partial charge in [-0.2, -0.15) is 0 Å². The zero-order valence-electron chi connectivity index (χ0n) is 33.1. The second-order valence-corrected chi connectivity index (χ2v) is 73.4. The van der Waals surface area contributed by atoms with Gasteiger partial charge in [0.25, 0.3) is 0 Å². The number of methoxy groups -OCH3 is 2. The summed E-state index contributed by atoms with van der Waals surface area (Å²) in [5, 5.41) is -0.508. The molecule has 11 atom stereocenters. The number of carbonyl (C=O) groups is 3. The van der Waals surface area contributed by atoms with Gasteiger partial charge in [0.05, 0.1) is 48.1 Å². The summed E-state index contributed by atoms with van der Waals surface area (Å²) >= 11 is 15.3. The fraction of sp³-hybridized carbons (Fsp3) is 0.448. The molecule has 0 bridgehead atoms. The minimum Gasteiger partial charge on any atom is -0.465 e. The Morgan fingerprint density at radius 3 is 1.53 bits per heavy atom. The van der Waals surface area contributed by atoms with E-state index >= 15 is 0 Å². The molecule has 0 aliphatic carbocycles. The fourth-order valence-corrected chi connectivity index (χ4v) is 168. The van der Waals surface area contributed by atoms with Crippen LogP contribution >= 0.6 is 164 Å². The molecule has 0 radical (unpaired) electrons. The van der Waals surface area contributed by atoms with Crippen LogP contribution in [-0.2, 0) is 33.6 Å². The van der Waals surface area contributed by atoms with Crippen LogP contribution in [0.15, 0.2) is 36.4 Å². The maximum Gasteiger partial charge on any atom is 0.337 e. The van der Waals surface area contributed by atoms with E-state index in [1.807, 2.05) is 18.5 Å². The lowest BCUT2D eigenvalue weighted by atomic mass is 10.1. The molecule has 9 nitrogen and oxygen atoms in total. The zero-order valence-corrected chi connectivity index (χ0v) is 52.0. The van der Waals surface area contributed by atoms with Crippen molar-refractivity contribution in [2.45, 2.75) is 40.0 Å². The van der Waals surface area contributed by atoms with E-state index in [-0.39, 0.29) is 66.7 Å². The van der Waals surface area contributed by atoms with Gasteiger partial charge in [0, 0.05) is 12.7 Å². The Kier molecular flexibility index (Phi) is 40.1. The number of nitrogen functional groups attached to an aromatic ring is 1. The molecule has 326 valence electrons. The summed E-state index contributed by atoms with van der Waals surface area (Å²) in [5.41, 5.74) is 10.1. The summed E-state index contributed by atoms with van der Waals surface area (Å²) in [6.07, 6.45) is 0.816. The summed E-state index contributed by atoms with van der Waals surface area (Å²) in [7, 11) is 32.4. The second kappa shape index (κ2) is 36.2. The van der Waals surface area contributed by atoms with Crippen LogP contribution in [0.4, 0.5) is 5.69 Å². The van der Waals surface area contributed by atoms with Crippen LogP contribution in [0.5, 0.6) is 0 Å². The highest BCUT2D eigenvalue weighted by molar-refractivity contribution is 9.30. The molecule has 0 amide bonds. The molecule has 0 aliphatic rings. The number of ether oxygens (including phenoxy) is 2. The molecule has 3 aromatic rings. The number of aromatic nitrogens is 2. The summed E-state index contributed by atoms with van der Waals surface area (Å²) < 4.78 is 11.1. The van der Waals surface area contributed by atoms with Gasteiger partial charge >= 0.3 is 11.9 Å². The first kappa shape index (κ1) is 63.1. The molecule has 1 aromatic heterocycles. The third-order valence-corrected chi connectivity index (χ3v) is 104. The van der Waals surface area contributed by atoms with Crippen molar-refractivity contribution < 1.29 is 23.9 Å². The molecule has 57 heavy (non-hydrogen) atoms.